The van der Waals surface area contributed by atoms with E-state index in [-0.39, 0.29) is 5.75 Å². The molecule has 0 radical (unpaired) electrons. The number of nitrogens with zero attached hydrogens (tertiary/aromatic N) is 1. The van der Waals surface area contributed by atoms with Crippen LogP contribution in [0.4, 0.5) is 0 Å². The molecule has 0 aliphatic carbocycles. The first-order valence-corrected chi connectivity index (χ1v) is 6.60. The van der Waals surface area contributed by atoms with Gasteiger partial charge in [-0.25, -0.2) is 8.42 Å². The summed E-state index contributed by atoms with van der Waals surface area (Å²) in [6.45, 7) is 1.72. The number of rotatable bonds is 5. The van der Waals surface area contributed by atoms with E-state index in [1.165, 1.54) is 0 Å². The Hall–Kier alpha value is -0.390. The molecule has 0 unspecified atom stereocenters. The van der Waals surface area contributed by atoms with Crippen LogP contribution >= 0.6 is 0 Å². The highest BCUT2D eigenvalue weighted by Crippen LogP contribution is 2.09. The molecule has 1 aliphatic heterocycles. The molecule has 4 nitrogen and oxygen atoms in total. The summed E-state index contributed by atoms with van der Waals surface area (Å²) in [6.07, 6.45) is 6.20. The minimum atomic E-state index is -3.03. The second-order valence-electron chi connectivity index (χ2n) is 3.43. The van der Waals surface area contributed by atoms with E-state index in [0.29, 0.717) is 26.1 Å². The number of sulfonamides is 1. The zero-order chi connectivity index (χ0) is 10.4. The molecule has 2 N–H and O–H groups in total. The highest BCUT2D eigenvalue weighted by Gasteiger charge is 2.20. The van der Waals surface area contributed by atoms with E-state index in [1.807, 2.05) is 12.2 Å². The quantitative estimate of drug-likeness (QED) is 0.534. The summed E-state index contributed by atoms with van der Waals surface area (Å²) in [7, 11) is -3.03. The van der Waals surface area contributed by atoms with Crippen molar-refractivity contribution in [3.05, 3.63) is 12.2 Å². The van der Waals surface area contributed by atoms with E-state index in [2.05, 4.69) is 0 Å². The van der Waals surface area contributed by atoms with Crippen LogP contribution in [0.25, 0.3) is 0 Å². The summed E-state index contributed by atoms with van der Waals surface area (Å²) in [5.74, 6) is 0.234. The van der Waals surface area contributed by atoms with Gasteiger partial charge in [0.1, 0.15) is 0 Å². The van der Waals surface area contributed by atoms with Gasteiger partial charge < -0.3 is 5.73 Å². The Kier molecular flexibility index (Phi) is 4.57. The van der Waals surface area contributed by atoms with E-state index in [0.717, 1.165) is 12.8 Å². The maximum atomic E-state index is 11.7. The fourth-order valence-corrected chi connectivity index (χ4v) is 2.95. The van der Waals surface area contributed by atoms with Crippen LogP contribution in [0.3, 0.4) is 0 Å². The SMILES string of the molecule is NCCCCS(=O)(=O)N1CC=CCC1. The lowest BCUT2D eigenvalue weighted by Crippen LogP contribution is -2.35. The summed E-state index contributed by atoms with van der Waals surface area (Å²) in [4.78, 5) is 0. The molecule has 14 heavy (non-hydrogen) atoms. The first-order chi connectivity index (χ1) is 6.67. The average molecular weight is 218 g/mol. The smallest absolute Gasteiger partial charge is 0.214 e. The maximum Gasteiger partial charge on any atom is 0.214 e. The van der Waals surface area contributed by atoms with Gasteiger partial charge in [0, 0.05) is 13.1 Å². The van der Waals surface area contributed by atoms with Gasteiger partial charge in [-0.1, -0.05) is 12.2 Å². The lowest BCUT2D eigenvalue weighted by Gasteiger charge is -2.22. The number of nitrogens with two attached hydrogens (primary N) is 1. The largest absolute Gasteiger partial charge is 0.330 e. The van der Waals surface area contributed by atoms with Gasteiger partial charge in [-0.15, -0.1) is 0 Å². The van der Waals surface area contributed by atoms with Gasteiger partial charge >= 0.3 is 0 Å². The first kappa shape index (κ1) is 11.7. The first-order valence-electron chi connectivity index (χ1n) is 5.00. The number of hydrogen-bond acceptors (Lipinski definition) is 3. The van der Waals surface area contributed by atoms with E-state index in [1.54, 1.807) is 4.31 Å². The summed E-state index contributed by atoms with van der Waals surface area (Å²) < 4.78 is 25.0. The normalized spacial score (nSPS) is 18.6. The fraction of sp³-hybridized carbons (Fsp3) is 0.778. The van der Waals surface area contributed by atoms with Gasteiger partial charge in [-0.3, -0.25) is 0 Å². The zero-order valence-electron chi connectivity index (χ0n) is 8.35. The molecular weight excluding hydrogens is 200 g/mol. The van der Waals surface area contributed by atoms with Crippen LogP contribution in [0.2, 0.25) is 0 Å². The molecule has 82 valence electrons. The van der Waals surface area contributed by atoms with E-state index < -0.39 is 10.0 Å². The van der Waals surface area contributed by atoms with Gasteiger partial charge in [0.25, 0.3) is 0 Å². The Labute approximate surface area is 85.8 Å². The second kappa shape index (κ2) is 5.48. The third-order valence-corrected chi connectivity index (χ3v) is 4.19. The minimum absolute atomic E-state index is 0.234. The van der Waals surface area contributed by atoms with E-state index in [9.17, 15) is 8.42 Å². The predicted octanol–water partition coefficient (Wildman–Crippen LogP) is 0.317. The molecule has 0 amide bonds. The van der Waals surface area contributed by atoms with Gasteiger partial charge in [0.2, 0.25) is 10.0 Å². The molecule has 5 heteroatoms. The molecule has 1 heterocycles. The molecule has 0 aromatic rings. The molecule has 0 bridgehead atoms. The Balaban J connectivity index is 2.43. The number of unbranched alkanes of at least 4 members (excludes halogenated alkanes) is 1. The third-order valence-electron chi connectivity index (χ3n) is 2.27. The van der Waals surface area contributed by atoms with Gasteiger partial charge in [0.15, 0.2) is 0 Å². The summed E-state index contributed by atoms with van der Waals surface area (Å²) in [5.41, 5.74) is 5.32. The Morgan fingerprint density at radius 3 is 2.64 bits per heavy atom. The van der Waals surface area contributed by atoms with Crippen molar-refractivity contribution in [2.24, 2.45) is 5.73 Å². The average Bonchev–Trinajstić information content (AvgIpc) is 2.19. The fourth-order valence-electron chi connectivity index (χ4n) is 1.43. The van der Waals surface area contributed by atoms with Crippen LogP contribution in [-0.2, 0) is 10.0 Å². The number of hydrogen-bond donors (Lipinski definition) is 1. The lowest BCUT2D eigenvalue weighted by molar-refractivity contribution is 0.436. The monoisotopic (exact) mass is 218 g/mol. The van der Waals surface area contributed by atoms with Crippen molar-refractivity contribution in [1.29, 1.82) is 0 Å². The van der Waals surface area contributed by atoms with Crippen molar-refractivity contribution >= 4 is 10.0 Å². The molecule has 0 spiro atoms. The summed E-state index contributed by atoms with van der Waals surface area (Å²) in [6, 6.07) is 0. The molecule has 1 aliphatic rings. The molecule has 0 fully saturated rings. The van der Waals surface area contributed by atoms with Crippen LogP contribution in [0.5, 0.6) is 0 Å². The van der Waals surface area contributed by atoms with Gasteiger partial charge in [-0.2, -0.15) is 4.31 Å². The molecule has 0 saturated heterocycles. The van der Waals surface area contributed by atoms with E-state index >= 15 is 0 Å². The minimum Gasteiger partial charge on any atom is -0.330 e. The van der Waals surface area contributed by atoms with E-state index in [4.69, 9.17) is 5.73 Å². The maximum absolute atomic E-state index is 11.7. The molecule has 1 rings (SSSR count). The summed E-state index contributed by atoms with van der Waals surface area (Å²) in [5, 5.41) is 0. The molecule has 0 saturated carbocycles. The van der Waals surface area contributed by atoms with Crippen molar-refractivity contribution in [3.63, 3.8) is 0 Å². The Morgan fingerprint density at radius 1 is 1.29 bits per heavy atom. The van der Waals surface area contributed by atoms with Crippen molar-refractivity contribution < 1.29 is 8.42 Å². The predicted molar refractivity (Wildman–Crippen MR) is 57.4 cm³/mol. The van der Waals surface area contributed by atoms with Crippen LogP contribution in [0, 0.1) is 0 Å². The summed E-state index contributed by atoms with van der Waals surface area (Å²) >= 11 is 0. The Bertz CT molecular complexity index is 285. The third kappa shape index (κ3) is 3.40. The molecule has 0 aromatic heterocycles. The standard InChI is InChI=1S/C9H18N2O2S/c10-6-2-5-9-14(12,13)11-7-3-1-4-8-11/h1,3H,2,4-10H2. The highest BCUT2D eigenvalue weighted by molar-refractivity contribution is 7.89. The Morgan fingerprint density at radius 2 is 2.07 bits per heavy atom. The van der Waals surface area contributed by atoms with Crippen LogP contribution < -0.4 is 5.73 Å². The van der Waals surface area contributed by atoms with Crippen molar-refractivity contribution in [3.8, 4) is 0 Å². The second-order valence-corrected chi connectivity index (χ2v) is 5.52. The topological polar surface area (TPSA) is 63.4 Å². The molecule has 0 aromatic carbocycles. The molecular formula is C9H18N2O2S. The lowest BCUT2D eigenvalue weighted by atomic mass is 10.3. The molecule has 0 atom stereocenters. The van der Waals surface area contributed by atoms with Crippen molar-refractivity contribution in [2.45, 2.75) is 19.3 Å². The van der Waals surface area contributed by atoms with Crippen LogP contribution in [0.1, 0.15) is 19.3 Å². The van der Waals surface area contributed by atoms with Crippen LogP contribution in [-0.4, -0.2) is 38.1 Å². The van der Waals surface area contributed by atoms with Gasteiger partial charge in [-0.05, 0) is 25.8 Å². The zero-order valence-corrected chi connectivity index (χ0v) is 9.17. The highest BCUT2D eigenvalue weighted by atomic mass is 32.2. The van der Waals surface area contributed by atoms with Crippen molar-refractivity contribution in [1.82, 2.24) is 4.31 Å². The van der Waals surface area contributed by atoms with Gasteiger partial charge in [0.05, 0.1) is 5.75 Å². The van der Waals surface area contributed by atoms with Crippen molar-refractivity contribution in [2.75, 3.05) is 25.4 Å². The van der Waals surface area contributed by atoms with Crippen LogP contribution in [0.15, 0.2) is 12.2 Å².